The molecule has 0 unspecified atom stereocenters. The van der Waals surface area contributed by atoms with Gasteiger partial charge in [0.1, 0.15) is 0 Å². The summed E-state index contributed by atoms with van der Waals surface area (Å²) < 4.78 is 0. The third kappa shape index (κ3) is 2.51. The van der Waals surface area contributed by atoms with E-state index in [4.69, 9.17) is 5.26 Å². The molecule has 0 heterocycles. The summed E-state index contributed by atoms with van der Waals surface area (Å²) in [4.78, 5) is 4.44. The van der Waals surface area contributed by atoms with Crippen molar-refractivity contribution >= 4 is 0 Å². The van der Waals surface area contributed by atoms with Crippen LogP contribution >= 0.6 is 0 Å². The Labute approximate surface area is 91.8 Å². The number of benzene rings is 1. The highest BCUT2D eigenvalue weighted by molar-refractivity contribution is 5.45. The smallest absolute Gasteiger partial charge is 0.168 e. The molecule has 1 aromatic carbocycles. The SMILES string of the molecule is CCCc1c(OO)ccc(CC)c1CC. The summed E-state index contributed by atoms with van der Waals surface area (Å²) >= 11 is 0. The standard InChI is InChI=1S/C13H20O2/c1-4-7-12-11(6-3)10(5-2)8-9-13(12)15-14/h8-9,14H,4-7H2,1-3H3. The molecule has 0 amide bonds. The topological polar surface area (TPSA) is 29.5 Å². The maximum Gasteiger partial charge on any atom is 0.168 e. The number of hydrogen-bond donors (Lipinski definition) is 1. The van der Waals surface area contributed by atoms with Gasteiger partial charge >= 0.3 is 0 Å². The van der Waals surface area contributed by atoms with Crippen LogP contribution in [0.3, 0.4) is 0 Å². The van der Waals surface area contributed by atoms with Gasteiger partial charge in [0, 0.05) is 5.56 Å². The maximum atomic E-state index is 8.83. The predicted molar refractivity (Wildman–Crippen MR) is 62.4 cm³/mol. The molecule has 0 radical (unpaired) electrons. The zero-order valence-electron chi connectivity index (χ0n) is 9.84. The van der Waals surface area contributed by atoms with Crippen molar-refractivity contribution < 1.29 is 10.1 Å². The van der Waals surface area contributed by atoms with E-state index < -0.39 is 0 Å². The van der Waals surface area contributed by atoms with Gasteiger partial charge in [-0.3, -0.25) is 0 Å². The lowest BCUT2D eigenvalue weighted by molar-refractivity contribution is -0.138. The molecule has 0 spiro atoms. The quantitative estimate of drug-likeness (QED) is 0.591. The van der Waals surface area contributed by atoms with Gasteiger partial charge < -0.3 is 4.89 Å². The molecular formula is C13H20O2. The Morgan fingerprint density at radius 1 is 1.07 bits per heavy atom. The second-order valence-electron chi connectivity index (χ2n) is 3.73. The third-order valence-corrected chi connectivity index (χ3v) is 2.82. The summed E-state index contributed by atoms with van der Waals surface area (Å²) in [6.45, 7) is 6.44. The van der Waals surface area contributed by atoms with Crippen molar-refractivity contribution in [1.82, 2.24) is 0 Å². The predicted octanol–water partition coefficient (Wildman–Crippen LogP) is 3.62. The summed E-state index contributed by atoms with van der Waals surface area (Å²) in [6, 6.07) is 3.91. The van der Waals surface area contributed by atoms with Crippen LogP contribution in [0.5, 0.6) is 5.75 Å². The van der Waals surface area contributed by atoms with Crippen LogP contribution in [0, 0.1) is 0 Å². The fourth-order valence-electron chi connectivity index (χ4n) is 2.10. The largest absolute Gasteiger partial charge is 0.340 e. The van der Waals surface area contributed by atoms with Gasteiger partial charge in [0.2, 0.25) is 0 Å². The van der Waals surface area contributed by atoms with Gasteiger partial charge in [-0.2, -0.15) is 0 Å². The van der Waals surface area contributed by atoms with Crippen molar-refractivity contribution in [2.75, 3.05) is 0 Å². The molecule has 15 heavy (non-hydrogen) atoms. The van der Waals surface area contributed by atoms with E-state index in [1.54, 1.807) is 0 Å². The molecule has 0 saturated heterocycles. The molecule has 0 atom stereocenters. The zero-order valence-corrected chi connectivity index (χ0v) is 9.84. The molecule has 2 nitrogen and oxygen atoms in total. The van der Waals surface area contributed by atoms with Crippen molar-refractivity contribution in [2.45, 2.75) is 46.5 Å². The van der Waals surface area contributed by atoms with Crippen molar-refractivity contribution in [1.29, 1.82) is 0 Å². The fraction of sp³-hybridized carbons (Fsp3) is 0.538. The summed E-state index contributed by atoms with van der Waals surface area (Å²) in [5, 5.41) is 8.83. The molecule has 0 aliphatic carbocycles. The summed E-state index contributed by atoms with van der Waals surface area (Å²) in [7, 11) is 0. The van der Waals surface area contributed by atoms with Crippen LogP contribution in [0.2, 0.25) is 0 Å². The zero-order chi connectivity index (χ0) is 11.3. The average molecular weight is 208 g/mol. The highest BCUT2D eigenvalue weighted by Gasteiger charge is 2.11. The van der Waals surface area contributed by atoms with Gasteiger partial charge in [-0.05, 0) is 36.5 Å². The first-order valence-electron chi connectivity index (χ1n) is 5.73. The fourth-order valence-corrected chi connectivity index (χ4v) is 2.10. The van der Waals surface area contributed by atoms with E-state index in [1.807, 2.05) is 12.1 Å². The minimum absolute atomic E-state index is 0.617. The van der Waals surface area contributed by atoms with Gasteiger partial charge in [-0.25, -0.2) is 5.26 Å². The van der Waals surface area contributed by atoms with Crippen LogP contribution in [0.4, 0.5) is 0 Å². The molecule has 1 rings (SSSR count). The summed E-state index contributed by atoms with van der Waals surface area (Å²) in [5.74, 6) is 0.617. The van der Waals surface area contributed by atoms with E-state index in [0.717, 1.165) is 25.7 Å². The van der Waals surface area contributed by atoms with E-state index in [9.17, 15) is 0 Å². The Morgan fingerprint density at radius 3 is 2.27 bits per heavy atom. The van der Waals surface area contributed by atoms with Crippen LogP contribution in [-0.2, 0) is 19.3 Å². The number of rotatable bonds is 5. The Balaban J connectivity index is 3.24. The monoisotopic (exact) mass is 208 g/mol. The van der Waals surface area contributed by atoms with Crippen LogP contribution in [0.25, 0.3) is 0 Å². The Bertz CT molecular complexity index is 319. The van der Waals surface area contributed by atoms with Crippen LogP contribution < -0.4 is 4.89 Å². The van der Waals surface area contributed by atoms with E-state index >= 15 is 0 Å². The number of hydrogen-bond acceptors (Lipinski definition) is 2. The number of aryl methyl sites for hydroxylation is 1. The molecule has 0 fully saturated rings. The van der Waals surface area contributed by atoms with E-state index in [0.29, 0.717) is 5.75 Å². The lowest BCUT2D eigenvalue weighted by Crippen LogP contribution is -2.02. The van der Waals surface area contributed by atoms with Crippen LogP contribution in [-0.4, -0.2) is 5.26 Å². The molecule has 2 heteroatoms. The lowest BCUT2D eigenvalue weighted by Gasteiger charge is -2.14. The van der Waals surface area contributed by atoms with Gasteiger partial charge in [-0.1, -0.05) is 33.3 Å². The van der Waals surface area contributed by atoms with Crippen molar-refractivity contribution in [3.8, 4) is 5.75 Å². The molecule has 0 aliphatic rings. The summed E-state index contributed by atoms with van der Waals surface area (Å²) in [6.07, 6.45) is 4.06. The van der Waals surface area contributed by atoms with E-state index in [2.05, 4.69) is 25.7 Å². The van der Waals surface area contributed by atoms with E-state index in [-0.39, 0.29) is 0 Å². The molecule has 0 bridgehead atoms. The lowest BCUT2D eigenvalue weighted by atomic mass is 9.94. The van der Waals surface area contributed by atoms with Crippen molar-refractivity contribution in [3.63, 3.8) is 0 Å². The third-order valence-electron chi connectivity index (χ3n) is 2.82. The van der Waals surface area contributed by atoms with Gasteiger partial charge in [-0.15, -0.1) is 0 Å². The normalized spacial score (nSPS) is 10.4. The molecule has 0 aliphatic heterocycles. The Kier molecular flexibility index (Phi) is 4.63. The van der Waals surface area contributed by atoms with Gasteiger partial charge in [0.15, 0.2) is 5.75 Å². The maximum absolute atomic E-state index is 8.83. The first kappa shape index (κ1) is 12.1. The minimum atomic E-state index is 0.617. The molecule has 1 aromatic rings. The Hall–Kier alpha value is -1.02. The molecular weight excluding hydrogens is 188 g/mol. The second-order valence-corrected chi connectivity index (χ2v) is 3.73. The molecule has 0 aromatic heterocycles. The Morgan fingerprint density at radius 2 is 1.80 bits per heavy atom. The first-order chi connectivity index (χ1) is 7.28. The van der Waals surface area contributed by atoms with E-state index in [1.165, 1.54) is 16.7 Å². The first-order valence-corrected chi connectivity index (χ1v) is 5.73. The van der Waals surface area contributed by atoms with Crippen molar-refractivity contribution in [2.24, 2.45) is 0 Å². The average Bonchev–Trinajstić information content (AvgIpc) is 2.28. The van der Waals surface area contributed by atoms with Crippen LogP contribution in [0.15, 0.2) is 12.1 Å². The minimum Gasteiger partial charge on any atom is -0.340 e. The highest BCUT2D eigenvalue weighted by atomic mass is 17.1. The summed E-state index contributed by atoms with van der Waals surface area (Å²) in [5.41, 5.74) is 3.87. The van der Waals surface area contributed by atoms with Crippen molar-refractivity contribution in [3.05, 3.63) is 28.8 Å². The molecule has 0 saturated carbocycles. The van der Waals surface area contributed by atoms with Crippen LogP contribution in [0.1, 0.15) is 43.9 Å². The highest BCUT2D eigenvalue weighted by Crippen LogP contribution is 2.27. The van der Waals surface area contributed by atoms with Gasteiger partial charge in [0.05, 0.1) is 0 Å². The molecule has 84 valence electrons. The molecule has 1 N–H and O–H groups in total. The van der Waals surface area contributed by atoms with Gasteiger partial charge in [0.25, 0.3) is 0 Å². The second kappa shape index (κ2) is 5.76.